The van der Waals surface area contributed by atoms with Gasteiger partial charge in [-0.2, -0.15) is 5.26 Å². The number of hydrogen-bond acceptors (Lipinski definition) is 4. The highest BCUT2D eigenvalue weighted by Gasteiger charge is 2.12. The van der Waals surface area contributed by atoms with Crippen molar-refractivity contribution in [3.05, 3.63) is 35.3 Å². The highest BCUT2D eigenvalue weighted by atomic mass is 32.1. The lowest BCUT2D eigenvalue weighted by Crippen LogP contribution is -1.83. The molecule has 3 aromatic rings. The predicted molar refractivity (Wildman–Crippen MR) is 68.5 cm³/mol. The van der Waals surface area contributed by atoms with Crippen LogP contribution in [0.5, 0.6) is 0 Å². The van der Waals surface area contributed by atoms with Gasteiger partial charge in [0.15, 0.2) is 5.13 Å². The Hall–Kier alpha value is -2.32. The number of nitrogens with zero attached hydrogens (tertiary/aromatic N) is 2. The smallest absolute Gasteiger partial charge is 0.180 e. The number of nitrogens with two attached hydrogens (primary N) is 1. The Bertz CT molecular complexity index is 732. The fraction of sp³-hybridized carbons (Fsp3) is 0. The number of thiazole rings is 1. The number of hydrogen-bond donors (Lipinski definition) is 2. The Morgan fingerprint density at radius 2 is 2.29 bits per heavy atom. The number of fused-ring (bicyclic) bond motifs is 1. The molecule has 0 aliphatic heterocycles. The van der Waals surface area contributed by atoms with E-state index in [4.69, 9.17) is 11.0 Å². The molecule has 0 aliphatic carbocycles. The second kappa shape index (κ2) is 3.61. The molecule has 0 bridgehead atoms. The first-order valence-corrected chi connectivity index (χ1v) is 5.89. The van der Waals surface area contributed by atoms with Gasteiger partial charge in [0, 0.05) is 28.0 Å². The molecule has 0 radical (unpaired) electrons. The SMILES string of the molecule is N#Cc1cccc2[nH]cc(-c3csc(N)n3)c12. The van der Waals surface area contributed by atoms with E-state index >= 15 is 0 Å². The van der Waals surface area contributed by atoms with Crippen molar-refractivity contribution in [1.29, 1.82) is 5.26 Å². The lowest BCUT2D eigenvalue weighted by Gasteiger charge is -1.96. The van der Waals surface area contributed by atoms with Crippen molar-refractivity contribution in [2.24, 2.45) is 0 Å². The van der Waals surface area contributed by atoms with Gasteiger partial charge in [-0.05, 0) is 12.1 Å². The molecule has 0 unspecified atom stereocenters. The normalized spacial score (nSPS) is 10.5. The molecule has 4 nitrogen and oxygen atoms in total. The monoisotopic (exact) mass is 240 g/mol. The van der Waals surface area contributed by atoms with Crippen molar-refractivity contribution in [1.82, 2.24) is 9.97 Å². The summed E-state index contributed by atoms with van der Waals surface area (Å²) in [4.78, 5) is 7.39. The zero-order valence-electron chi connectivity index (χ0n) is 8.77. The van der Waals surface area contributed by atoms with Gasteiger partial charge in [0.25, 0.3) is 0 Å². The summed E-state index contributed by atoms with van der Waals surface area (Å²) in [5.74, 6) is 0. The van der Waals surface area contributed by atoms with Crippen LogP contribution in [0.2, 0.25) is 0 Å². The van der Waals surface area contributed by atoms with Gasteiger partial charge in [-0.3, -0.25) is 0 Å². The number of nitrogens with one attached hydrogen (secondary N) is 1. The van der Waals surface area contributed by atoms with Gasteiger partial charge in [-0.15, -0.1) is 11.3 Å². The van der Waals surface area contributed by atoms with E-state index in [1.807, 2.05) is 23.7 Å². The van der Waals surface area contributed by atoms with Crippen LogP contribution in [0.1, 0.15) is 5.56 Å². The molecule has 0 saturated carbocycles. The molecule has 17 heavy (non-hydrogen) atoms. The summed E-state index contributed by atoms with van der Waals surface area (Å²) in [6.45, 7) is 0. The minimum Gasteiger partial charge on any atom is -0.375 e. The third kappa shape index (κ3) is 1.47. The molecule has 0 spiro atoms. The van der Waals surface area contributed by atoms with E-state index < -0.39 is 0 Å². The van der Waals surface area contributed by atoms with Crippen LogP contribution < -0.4 is 5.73 Å². The van der Waals surface area contributed by atoms with Gasteiger partial charge < -0.3 is 10.7 Å². The summed E-state index contributed by atoms with van der Waals surface area (Å²) in [5, 5.41) is 12.5. The van der Waals surface area contributed by atoms with Crippen LogP contribution in [0.25, 0.3) is 22.2 Å². The standard InChI is InChI=1S/C12H8N4S/c13-4-7-2-1-3-9-11(7)8(5-15-9)10-6-17-12(14)16-10/h1-3,5-6,15H,(H2,14,16). The Balaban J connectivity index is 2.35. The maximum atomic E-state index is 9.12. The fourth-order valence-electron chi connectivity index (χ4n) is 1.89. The molecular formula is C12H8N4S. The molecular weight excluding hydrogens is 232 g/mol. The lowest BCUT2D eigenvalue weighted by atomic mass is 10.1. The number of benzene rings is 1. The van der Waals surface area contributed by atoms with E-state index in [0.717, 1.165) is 22.2 Å². The largest absolute Gasteiger partial charge is 0.375 e. The minimum atomic E-state index is 0.531. The zero-order valence-corrected chi connectivity index (χ0v) is 9.58. The average molecular weight is 240 g/mol. The summed E-state index contributed by atoms with van der Waals surface area (Å²) in [6.07, 6.45) is 1.86. The van der Waals surface area contributed by atoms with Gasteiger partial charge in [0.05, 0.1) is 17.3 Å². The Morgan fingerprint density at radius 3 is 3.00 bits per heavy atom. The van der Waals surface area contributed by atoms with Gasteiger partial charge in [-0.25, -0.2) is 4.98 Å². The van der Waals surface area contributed by atoms with Crippen molar-refractivity contribution in [3.8, 4) is 17.3 Å². The highest BCUT2D eigenvalue weighted by molar-refractivity contribution is 7.13. The highest BCUT2D eigenvalue weighted by Crippen LogP contribution is 2.32. The van der Waals surface area contributed by atoms with Crippen LogP contribution in [-0.4, -0.2) is 9.97 Å². The molecule has 3 rings (SSSR count). The molecule has 0 aliphatic rings. The van der Waals surface area contributed by atoms with Crippen LogP contribution in [0, 0.1) is 11.3 Å². The van der Waals surface area contributed by atoms with Crippen molar-refractivity contribution >= 4 is 27.4 Å². The summed E-state index contributed by atoms with van der Waals surface area (Å²) in [7, 11) is 0. The molecule has 82 valence electrons. The van der Waals surface area contributed by atoms with Crippen LogP contribution in [0.3, 0.4) is 0 Å². The number of aromatic amines is 1. The number of aromatic nitrogens is 2. The molecule has 0 atom stereocenters. The van der Waals surface area contributed by atoms with E-state index in [1.165, 1.54) is 11.3 Å². The van der Waals surface area contributed by atoms with E-state index in [1.54, 1.807) is 6.07 Å². The van der Waals surface area contributed by atoms with E-state index in [9.17, 15) is 0 Å². The van der Waals surface area contributed by atoms with Gasteiger partial charge in [-0.1, -0.05) is 6.07 Å². The maximum absolute atomic E-state index is 9.12. The number of H-pyrrole nitrogens is 1. The van der Waals surface area contributed by atoms with Crippen LogP contribution in [0.15, 0.2) is 29.8 Å². The topological polar surface area (TPSA) is 78.5 Å². The quantitative estimate of drug-likeness (QED) is 0.686. The van der Waals surface area contributed by atoms with Gasteiger partial charge >= 0.3 is 0 Å². The van der Waals surface area contributed by atoms with Gasteiger partial charge in [0.2, 0.25) is 0 Å². The average Bonchev–Trinajstić information content (AvgIpc) is 2.94. The third-order valence-corrected chi connectivity index (χ3v) is 3.30. The Labute approximate surface area is 101 Å². The third-order valence-electron chi connectivity index (χ3n) is 2.62. The number of rotatable bonds is 1. The first-order chi connectivity index (χ1) is 8.29. The summed E-state index contributed by atoms with van der Waals surface area (Å²) < 4.78 is 0. The zero-order chi connectivity index (χ0) is 11.8. The van der Waals surface area contributed by atoms with Crippen LogP contribution in [-0.2, 0) is 0 Å². The summed E-state index contributed by atoms with van der Waals surface area (Å²) in [5.41, 5.74) is 8.94. The van der Waals surface area contributed by atoms with Crippen molar-refractivity contribution < 1.29 is 0 Å². The lowest BCUT2D eigenvalue weighted by molar-refractivity contribution is 1.41. The summed E-state index contributed by atoms with van der Waals surface area (Å²) in [6, 6.07) is 7.80. The first kappa shape index (κ1) is 9.87. The van der Waals surface area contributed by atoms with Crippen LogP contribution >= 0.6 is 11.3 Å². The molecule has 3 N–H and O–H groups in total. The second-order valence-corrected chi connectivity index (χ2v) is 4.50. The van der Waals surface area contributed by atoms with E-state index in [2.05, 4.69) is 16.0 Å². The molecule has 2 aromatic heterocycles. The van der Waals surface area contributed by atoms with Crippen LogP contribution in [0.4, 0.5) is 5.13 Å². The number of nitrogen functional groups attached to an aromatic ring is 1. The molecule has 0 fully saturated rings. The Kier molecular flexibility index (Phi) is 2.10. The number of nitriles is 1. The molecule has 2 heterocycles. The fourth-order valence-corrected chi connectivity index (χ4v) is 2.45. The van der Waals surface area contributed by atoms with Crippen molar-refractivity contribution in [3.63, 3.8) is 0 Å². The molecule has 0 amide bonds. The molecule has 1 aromatic carbocycles. The minimum absolute atomic E-state index is 0.531. The maximum Gasteiger partial charge on any atom is 0.180 e. The number of anilines is 1. The first-order valence-electron chi connectivity index (χ1n) is 5.01. The van der Waals surface area contributed by atoms with Crippen molar-refractivity contribution in [2.75, 3.05) is 5.73 Å². The van der Waals surface area contributed by atoms with Gasteiger partial charge in [0.1, 0.15) is 0 Å². The van der Waals surface area contributed by atoms with E-state index in [0.29, 0.717) is 10.7 Å². The molecule has 5 heteroatoms. The molecule has 0 saturated heterocycles. The van der Waals surface area contributed by atoms with E-state index in [-0.39, 0.29) is 0 Å². The summed E-state index contributed by atoms with van der Waals surface area (Å²) >= 11 is 1.39. The predicted octanol–water partition coefficient (Wildman–Crippen LogP) is 2.75. The second-order valence-electron chi connectivity index (χ2n) is 3.61. The van der Waals surface area contributed by atoms with Crippen molar-refractivity contribution in [2.45, 2.75) is 0 Å². The Morgan fingerprint density at radius 1 is 1.41 bits per heavy atom.